The fraction of sp³-hybridized carbons (Fsp3) is 0. The molecule has 13 heavy (non-hydrogen) atoms. The van der Waals surface area contributed by atoms with E-state index < -0.39 is 0 Å². The van der Waals surface area contributed by atoms with Gasteiger partial charge in [0.25, 0.3) is 5.56 Å². The van der Waals surface area contributed by atoms with Gasteiger partial charge in [-0.05, 0) is 12.1 Å². The number of hydrogen-bond acceptors (Lipinski definition) is 4. The van der Waals surface area contributed by atoms with Crippen molar-refractivity contribution in [1.82, 2.24) is 9.72 Å². The lowest BCUT2D eigenvalue weighted by atomic mass is 10.4. The van der Waals surface area contributed by atoms with Crippen molar-refractivity contribution in [2.45, 2.75) is 0 Å². The highest BCUT2D eigenvalue weighted by Crippen LogP contribution is 2.01. The summed E-state index contributed by atoms with van der Waals surface area (Å²) in [6, 6.07) is 4.80. The zero-order valence-electron chi connectivity index (χ0n) is 6.68. The number of nitrogens with zero attached hydrogens (tertiary/aromatic N) is 2. The quantitative estimate of drug-likeness (QED) is 0.684. The second-order valence-corrected chi connectivity index (χ2v) is 2.50. The minimum Gasteiger partial charge on any atom is -0.394 e. The molecule has 0 amide bonds. The van der Waals surface area contributed by atoms with Crippen LogP contribution in [0.4, 0.5) is 5.69 Å². The normalized spacial score (nSPS) is 10.2. The molecule has 0 saturated heterocycles. The molecule has 0 fully saturated rings. The summed E-state index contributed by atoms with van der Waals surface area (Å²) in [4.78, 5) is 11.4. The predicted octanol–water partition coefficient (Wildman–Crippen LogP) is 0.408. The van der Waals surface area contributed by atoms with E-state index in [9.17, 15) is 4.79 Å². The molecule has 2 heterocycles. The van der Waals surface area contributed by atoms with E-state index >= 15 is 0 Å². The third kappa shape index (κ3) is 1.20. The van der Waals surface area contributed by atoms with Crippen LogP contribution in [-0.4, -0.2) is 9.72 Å². The van der Waals surface area contributed by atoms with E-state index in [0.29, 0.717) is 5.82 Å². The Labute approximate surface area is 73.4 Å². The molecular formula is C8H7N3O2. The molecule has 2 aromatic heterocycles. The van der Waals surface area contributed by atoms with Gasteiger partial charge in [0.15, 0.2) is 5.82 Å². The van der Waals surface area contributed by atoms with Crippen LogP contribution >= 0.6 is 0 Å². The van der Waals surface area contributed by atoms with Gasteiger partial charge in [-0.15, -0.1) is 0 Å². The summed E-state index contributed by atoms with van der Waals surface area (Å²) in [7, 11) is 0. The number of hydrogen-bond donors (Lipinski definition) is 1. The van der Waals surface area contributed by atoms with Gasteiger partial charge in [0, 0.05) is 12.3 Å². The van der Waals surface area contributed by atoms with Crippen molar-refractivity contribution in [2.75, 3.05) is 5.73 Å². The van der Waals surface area contributed by atoms with E-state index in [0.717, 1.165) is 0 Å². The van der Waals surface area contributed by atoms with Crippen LogP contribution in [0.15, 0.2) is 40.0 Å². The molecule has 0 aliphatic carbocycles. The lowest BCUT2D eigenvalue weighted by Crippen LogP contribution is -2.20. The first-order valence-electron chi connectivity index (χ1n) is 3.67. The summed E-state index contributed by atoms with van der Waals surface area (Å²) >= 11 is 0. The van der Waals surface area contributed by atoms with E-state index in [4.69, 9.17) is 5.73 Å². The Morgan fingerprint density at radius 1 is 1.46 bits per heavy atom. The third-order valence-corrected chi connectivity index (χ3v) is 1.65. The summed E-state index contributed by atoms with van der Waals surface area (Å²) in [6.45, 7) is 0. The third-order valence-electron chi connectivity index (χ3n) is 1.65. The van der Waals surface area contributed by atoms with E-state index in [-0.39, 0.29) is 11.2 Å². The number of nitrogens with two attached hydrogens (primary N) is 1. The second-order valence-electron chi connectivity index (χ2n) is 2.50. The SMILES string of the molecule is Nc1cccn(-c2ccon2)c1=O. The molecule has 5 nitrogen and oxygen atoms in total. The largest absolute Gasteiger partial charge is 0.394 e. The Morgan fingerprint density at radius 3 is 3.00 bits per heavy atom. The molecule has 0 bridgehead atoms. The van der Waals surface area contributed by atoms with Gasteiger partial charge in [-0.2, -0.15) is 0 Å². The van der Waals surface area contributed by atoms with Crippen molar-refractivity contribution in [3.63, 3.8) is 0 Å². The number of aromatic nitrogens is 2. The van der Waals surface area contributed by atoms with Gasteiger partial charge in [-0.25, -0.2) is 0 Å². The standard InChI is InChI=1S/C8H7N3O2/c9-6-2-1-4-11(8(6)12)7-3-5-13-10-7/h1-5H,9H2. The molecule has 2 rings (SSSR count). The summed E-state index contributed by atoms with van der Waals surface area (Å²) in [6.07, 6.45) is 2.97. The van der Waals surface area contributed by atoms with Crippen molar-refractivity contribution in [3.05, 3.63) is 41.0 Å². The first-order chi connectivity index (χ1) is 6.29. The van der Waals surface area contributed by atoms with Gasteiger partial charge >= 0.3 is 0 Å². The summed E-state index contributed by atoms with van der Waals surface area (Å²) in [5.41, 5.74) is 5.33. The minimum absolute atomic E-state index is 0.186. The van der Waals surface area contributed by atoms with Crippen LogP contribution in [0.5, 0.6) is 0 Å². The average molecular weight is 177 g/mol. The van der Waals surface area contributed by atoms with Crippen LogP contribution in [-0.2, 0) is 0 Å². The maximum Gasteiger partial charge on any atom is 0.279 e. The predicted molar refractivity (Wildman–Crippen MR) is 46.5 cm³/mol. The first kappa shape index (κ1) is 7.60. The zero-order chi connectivity index (χ0) is 9.26. The van der Waals surface area contributed by atoms with E-state index in [2.05, 4.69) is 9.68 Å². The van der Waals surface area contributed by atoms with Crippen LogP contribution in [0, 0.1) is 0 Å². The molecule has 0 radical (unpaired) electrons. The highest BCUT2D eigenvalue weighted by Gasteiger charge is 2.03. The molecule has 0 aromatic carbocycles. The smallest absolute Gasteiger partial charge is 0.279 e. The number of anilines is 1. The lowest BCUT2D eigenvalue weighted by molar-refractivity contribution is 0.416. The monoisotopic (exact) mass is 177 g/mol. The van der Waals surface area contributed by atoms with Gasteiger partial charge < -0.3 is 10.3 Å². The Hall–Kier alpha value is -2.04. The van der Waals surface area contributed by atoms with Gasteiger partial charge in [-0.3, -0.25) is 9.36 Å². The Bertz CT molecular complexity index is 458. The van der Waals surface area contributed by atoms with Gasteiger partial charge in [0.2, 0.25) is 0 Å². The molecule has 0 spiro atoms. The first-order valence-corrected chi connectivity index (χ1v) is 3.67. The van der Waals surface area contributed by atoms with Gasteiger partial charge in [0.1, 0.15) is 6.26 Å². The van der Waals surface area contributed by atoms with E-state index in [1.807, 2.05) is 0 Å². The number of pyridine rings is 1. The molecule has 0 unspecified atom stereocenters. The molecule has 0 aliphatic rings. The van der Waals surface area contributed by atoms with Crippen LogP contribution in [0.2, 0.25) is 0 Å². The van der Waals surface area contributed by atoms with Crippen molar-refractivity contribution in [2.24, 2.45) is 0 Å². The fourth-order valence-corrected chi connectivity index (χ4v) is 1.02. The minimum atomic E-state index is -0.295. The van der Waals surface area contributed by atoms with Crippen molar-refractivity contribution in [1.29, 1.82) is 0 Å². The van der Waals surface area contributed by atoms with Crippen LogP contribution < -0.4 is 11.3 Å². The molecule has 2 N–H and O–H groups in total. The van der Waals surface area contributed by atoms with Crippen LogP contribution in [0.3, 0.4) is 0 Å². The van der Waals surface area contributed by atoms with E-state index in [1.54, 1.807) is 24.4 Å². The maximum absolute atomic E-state index is 11.4. The highest BCUT2D eigenvalue weighted by molar-refractivity contribution is 5.36. The van der Waals surface area contributed by atoms with Crippen molar-refractivity contribution < 1.29 is 4.52 Å². The topological polar surface area (TPSA) is 74.1 Å². The molecule has 5 heteroatoms. The van der Waals surface area contributed by atoms with Crippen molar-refractivity contribution in [3.8, 4) is 5.82 Å². The summed E-state index contributed by atoms with van der Waals surface area (Å²) in [5.74, 6) is 0.428. The molecular weight excluding hydrogens is 170 g/mol. The number of nitrogen functional groups attached to an aromatic ring is 1. The molecule has 66 valence electrons. The summed E-state index contributed by atoms with van der Waals surface area (Å²) in [5, 5.41) is 3.62. The van der Waals surface area contributed by atoms with Gasteiger partial charge in [0.05, 0.1) is 5.69 Å². The lowest BCUT2D eigenvalue weighted by Gasteiger charge is -1.99. The Kier molecular flexibility index (Phi) is 1.63. The maximum atomic E-state index is 11.4. The van der Waals surface area contributed by atoms with E-state index in [1.165, 1.54) is 10.8 Å². The number of rotatable bonds is 1. The average Bonchev–Trinajstić information content (AvgIpc) is 2.62. The Morgan fingerprint density at radius 2 is 2.31 bits per heavy atom. The molecule has 0 saturated carbocycles. The molecule has 0 aliphatic heterocycles. The molecule has 2 aromatic rings. The second kappa shape index (κ2) is 2.78. The van der Waals surface area contributed by atoms with Crippen LogP contribution in [0.1, 0.15) is 0 Å². The zero-order valence-corrected chi connectivity index (χ0v) is 6.68. The van der Waals surface area contributed by atoms with Gasteiger partial charge in [-0.1, -0.05) is 5.16 Å². The molecule has 0 atom stereocenters. The Balaban J connectivity index is 2.66. The fourth-order valence-electron chi connectivity index (χ4n) is 1.02. The van der Waals surface area contributed by atoms with Crippen molar-refractivity contribution >= 4 is 5.69 Å². The summed E-state index contributed by atoms with van der Waals surface area (Å²) < 4.78 is 5.93. The van der Waals surface area contributed by atoms with Crippen LogP contribution in [0.25, 0.3) is 5.82 Å². The highest BCUT2D eigenvalue weighted by atomic mass is 16.5.